The van der Waals surface area contributed by atoms with E-state index in [1.165, 1.54) is 0 Å². The van der Waals surface area contributed by atoms with Crippen molar-refractivity contribution in [2.24, 2.45) is 0 Å². The van der Waals surface area contributed by atoms with Gasteiger partial charge in [0.05, 0.1) is 20.3 Å². The van der Waals surface area contributed by atoms with Crippen molar-refractivity contribution in [1.82, 2.24) is 10.2 Å². The Hall–Kier alpha value is -1.79. The Morgan fingerprint density at radius 2 is 2.14 bits per heavy atom. The molecule has 1 aromatic rings. The molecule has 1 unspecified atom stereocenters. The summed E-state index contributed by atoms with van der Waals surface area (Å²) in [7, 11) is 4.98. The van der Waals surface area contributed by atoms with Gasteiger partial charge >= 0.3 is 0 Å². The van der Waals surface area contributed by atoms with Crippen LogP contribution in [0.1, 0.15) is 18.5 Å². The molecule has 0 spiro atoms. The van der Waals surface area contributed by atoms with E-state index in [2.05, 4.69) is 5.32 Å². The Labute approximate surface area is 125 Å². The molecule has 6 nitrogen and oxygen atoms in total. The highest BCUT2D eigenvalue weighted by Gasteiger charge is 2.18. The molecule has 0 saturated carbocycles. The monoisotopic (exact) mass is 296 g/mol. The molecule has 0 radical (unpaired) electrons. The number of phenols is 1. The summed E-state index contributed by atoms with van der Waals surface area (Å²) in [5, 5.41) is 12.8. The highest BCUT2D eigenvalue weighted by atomic mass is 16.5. The number of nitrogens with one attached hydrogen (secondary N) is 1. The number of likely N-dealkylation sites (N-methyl/N-ethyl adjacent to an activating group) is 1. The number of hydrogen-bond donors (Lipinski definition) is 2. The van der Waals surface area contributed by atoms with Crippen LogP contribution in [0.2, 0.25) is 0 Å². The largest absolute Gasteiger partial charge is 0.507 e. The molecule has 1 atom stereocenters. The number of hydrogen-bond acceptors (Lipinski definition) is 5. The molecule has 6 heteroatoms. The maximum absolute atomic E-state index is 11.8. The second kappa shape index (κ2) is 8.49. The third-order valence-electron chi connectivity index (χ3n) is 3.37. The van der Waals surface area contributed by atoms with Crippen LogP contribution < -0.4 is 10.1 Å². The SMILES string of the molecule is COCCNC(=O)CN(C)C(C)c1ccc(OC)cc1O. The number of aromatic hydroxyl groups is 1. The van der Waals surface area contributed by atoms with E-state index < -0.39 is 0 Å². The lowest BCUT2D eigenvalue weighted by molar-refractivity contribution is -0.122. The molecule has 0 heterocycles. The zero-order valence-corrected chi connectivity index (χ0v) is 13.0. The summed E-state index contributed by atoms with van der Waals surface area (Å²) >= 11 is 0. The molecule has 118 valence electrons. The van der Waals surface area contributed by atoms with Crippen molar-refractivity contribution < 1.29 is 19.4 Å². The van der Waals surface area contributed by atoms with E-state index in [1.807, 2.05) is 18.9 Å². The fourth-order valence-corrected chi connectivity index (χ4v) is 1.95. The molecule has 0 bridgehead atoms. The van der Waals surface area contributed by atoms with Gasteiger partial charge in [-0.1, -0.05) is 6.07 Å². The van der Waals surface area contributed by atoms with Gasteiger partial charge in [0, 0.05) is 31.3 Å². The molecule has 2 N–H and O–H groups in total. The van der Waals surface area contributed by atoms with Gasteiger partial charge in [-0.15, -0.1) is 0 Å². The second-order valence-electron chi connectivity index (χ2n) is 4.86. The van der Waals surface area contributed by atoms with Crippen LogP contribution in [0.5, 0.6) is 11.5 Å². The fraction of sp³-hybridized carbons (Fsp3) is 0.533. The minimum Gasteiger partial charge on any atom is -0.507 e. The van der Waals surface area contributed by atoms with E-state index in [0.29, 0.717) is 18.9 Å². The third kappa shape index (κ3) is 5.24. The van der Waals surface area contributed by atoms with Crippen LogP contribution in [0.3, 0.4) is 0 Å². The van der Waals surface area contributed by atoms with Crippen LogP contribution in [0, 0.1) is 0 Å². The van der Waals surface area contributed by atoms with Gasteiger partial charge < -0.3 is 19.9 Å². The minimum absolute atomic E-state index is 0.0746. The van der Waals surface area contributed by atoms with E-state index in [4.69, 9.17) is 9.47 Å². The average molecular weight is 296 g/mol. The lowest BCUT2D eigenvalue weighted by Crippen LogP contribution is -2.37. The molecular weight excluding hydrogens is 272 g/mol. The first-order valence-corrected chi connectivity index (χ1v) is 6.82. The van der Waals surface area contributed by atoms with Crippen LogP contribution in [0.15, 0.2) is 18.2 Å². The highest BCUT2D eigenvalue weighted by molar-refractivity contribution is 5.78. The van der Waals surface area contributed by atoms with Crippen molar-refractivity contribution in [3.63, 3.8) is 0 Å². The molecule has 0 saturated heterocycles. The van der Waals surface area contributed by atoms with E-state index in [-0.39, 0.29) is 24.2 Å². The first-order chi connectivity index (χ1) is 9.99. The number of rotatable bonds is 8. The molecule has 1 amide bonds. The predicted octanol–water partition coefficient (Wildman–Crippen LogP) is 1.16. The number of benzene rings is 1. The van der Waals surface area contributed by atoms with Gasteiger partial charge in [0.25, 0.3) is 0 Å². The van der Waals surface area contributed by atoms with Crippen molar-refractivity contribution in [2.45, 2.75) is 13.0 Å². The first kappa shape index (κ1) is 17.3. The summed E-state index contributed by atoms with van der Waals surface area (Å²) in [4.78, 5) is 13.6. The number of methoxy groups -OCH3 is 2. The van der Waals surface area contributed by atoms with Crippen molar-refractivity contribution >= 4 is 5.91 Å². The normalized spacial score (nSPS) is 12.2. The van der Waals surface area contributed by atoms with Crippen molar-refractivity contribution in [3.8, 4) is 11.5 Å². The van der Waals surface area contributed by atoms with Gasteiger partial charge in [-0.2, -0.15) is 0 Å². The van der Waals surface area contributed by atoms with Crippen molar-refractivity contribution in [2.75, 3.05) is 41.0 Å². The lowest BCUT2D eigenvalue weighted by atomic mass is 10.1. The van der Waals surface area contributed by atoms with Crippen LogP contribution in [-0.2, 0) is 9.53 Å². The zero-order chi connectivity index (χ0) is 15.8. The Morgan fingerprint density at radius 1 is 1.43 bits per heavy atom. The average Bonchev–Trinajstić information content (AvgIpc) is 2.46. The van der Waals surface area contributed by atoms with Gasteiger partial charge in [0.1, 0.15) is 11.5 Å². The number of nitrogens with zero attached hydrogens (tertiary/aromatic N) is 1. The van der Waals surface area contributed by atoms with Crippen molar-refractivity contribution in [3.05, 3.63) is 23.8 Å². The van der Waals surface area contributed by atoms with Crippen molar-refractivity contribution in [1.29, 1.82) is 0 Å². The third-order valence-corrected chi connectivity index (χ3v) is 3.37. The Morgan fingerprint density at radius 3 is 2.71 bits per heavy atom. The van der Waals surface area contributed by atoms with Crippen LogP contribution in [0.4, 0.5) is 0 Å². The molecule has 0 aliphatic heterocycles. The predicted molar refractivity (Wildman–Crippen MR) is 80.6 cm³/mol. The number of phenolic OH excluding ortho intramolecular Hbond substituents is 1. The van der Waals surface area contributed by atoms with E-state index in [9.17, 15) is 9.90 Å². The number of carbonyl (C=O) groups is 1. The standard InChI is InChI=1S/C15H24N2O4/c1-11(13-6-5-12(21-4)9-14(13)18)17(2)10-15(19)16-7-8-20-3/h5-6,9,11,18H,7-8,10H2,1-4H3,(H,16,19). The second-order valence-corrected chi connectivity index (χ2v) is 4.86. The fourth-order valence-electron chi connectivity index (χ4n) is 1.95. The Balaban J connectivity index is 2.61. The van der Waals surface area contributed by atoms with Crippen LogP contribution >= 0.6 is 0 Å². The molecule has 1 rings (SSSR count). The maximum Gasteiger partial charge on any atom is 0.234 e. The highest BCUT2D eigenvalue weighted by Crippen LogP contribution is 2.30. The summed E-state index contributed by atoms with van der Waals surface area (Å²) in [5.74, 6) is 0.686. The summed E-state index contributed by atoms with van der Waals surface area (Å²) < 4.78 is 9.94. The van der Waals surface area contributed by atoms with Crippen LogP contribution in [-0.4, -0.2) is 56.9 Å². The zero-order valence-electron chi connectivity index (χ0n) is 13.0. The molecule has 0 aliphatic rings. The van der Waals surface area contributed by atoms with Gasteiger partial charge in [-0.05, 0) is 20.0 Å². The molecule has 0 fully saturated rings. The van der Waals surface area contributed by atoms with Gasteiger partial charge in [0.15, 0.2) is 0 Å². The molecule has 1 aromatic carbocycles. The van der Waals surface area contributed by atoms with Gasteiger partial charge in [-0.25, -0.2) is 0 Å². The quantitative estimate of drug-likeness (QED) is 0.704. The van der Waals surface area contributed by atoms with Crippen LogP contribution in [0.25, 0.3) is 0 Å². The number of amides is 1. The summed E-state index contributed by atoms with van der Waals surface area (Å²) in [5.41, 5.74) is 0.753. The molecular formula is C15H24N2O4. The Bertz CT molecular complexity index is 465. The maximum atomic E-state index is 11.8. The van der Waals surface area contributed by atoms with E-state index in [1.54, 1.807) is 32.4 Å². The van der Waals surface area contributed by atoms with E-state index >= 15 is 0 Å². The number of ether oxygens (including phenoxy) is 2. The summed E-state index contributed by atoms with van der Waals surface area (Å²) in [6.07, 6.45) is 0. The van der Waals surface area contributed by atoms with E-state index in [0.717, 1.165) is 5.56 Å². The Kier molecular flexibility index (Phi) is 6.98. The van der Waals surface area contributed by atoms with Gasteiger partial charge in [0.2, 0.25) is 5.91 Å². The smallest absolute Gasteiger partial charge is 0.234 e. The lowest BCUT2D eigenvalue weighted by Gasteiger charge is -2.25. The number of carbonyl (C=O) groups excluding carboxylic acids is 1. The summed E-state index contributed by atoms with van der Waals surface area (Å²) in [6.45, 7) is 3.16. The summed E-state index contributed by atoms with van der Waals surface area (Å²) in [6, 6.07) is 5.07. The molecule has 0 aromatic heterocycles. The minimum atomic E-state index is -0.0934. The van der Waals surface area contributed by atoms with Gasteiger partial charge in [-0.3, -0.25) is 9.69 Å². The first-order valence-electron chi connectivity index (χ1n) is 6.82. The molecule has 21 heavy (non-hydrogen) atoms. The molecule has 0 aliphatic carbocycles. The topological polar surface area (TPSA) is 71.0 Å².